The molecule has 0 radical (unpaired) electrons. The summed E-state index contributed by atoms with van der Waals surface area (Å²) in [6.45, 7) is 1.59. The van der Waals surface area contributed by atoms with Crippen molar-refractivity contribution in [3.8, 4) is 0 Å². The van der Waals surface area contributed by atoms with Crippen molar-refractivity contribution in [3.63, 3.8) is 0 Å². The van der Waals surface area contributed by atoms with E-state index in [9.17, 15) is 9.59 Å². The molecule has 1 amide bonds. The van der Waals surface area contributed by atoms with Gasteiger partial charge in [-0.25, -0.2) is 0 Å². The van der Waals surface area contributed by atoms with Crippen molar-refractivity contribution in [3.05, 3.63) is 99.5 Å². The Morgan fingerprint density at radius 1 is 0.889 bits per heavy atom. The predicted molar refractivity (Wildman–Crippen MR) is 147 cm³/mol. The average Bonchev–Trinajstić information content (AvgIpc) is 2.89. The SMILES string of the molecule is O=C(O)CCNC(=O)c1ccc(CN(Cc2cccc(Br)c2)c2ccc(C3CCCCC3)cc2)cc1. The number of aliphatic carboxylic acids is 1. The first-order valence-corrected chi connectivity index (χ1v) is 13.5. The van der Waals surface area contributed by atoms with Gasteiger partial charge in [-0.05, 0) is 71.8 Å². The summed E-state index contributed by atoms with van der Waals surface area (Å²) >= 11 is 3.59. The number of hydrogen-bond acceptors (Lipinski definition) is 3. The summed E-state index contributed by atoms with van der Waals surface area (Å²) < 4.78 is 1.06. The van der Waals surface area contributed by atoms with E-state index in [1.807, 2.05) is 18.2 Å². The highest BCUT2D eigenvalue weighted by molar-refractivity contribution is 9.10. The van der Waals surface area contributed by atoms with Crippen LogP contribution in [0, 0.1) is 0 Å². The third-order valence-electron chi connectivity index (χ3n) is 6.81. The Balaban J connectivity index is 1.49. The Bertz CT molecular complexity index is 1160. The molecule has 6 heteroatoms. The highest BCUT2D eigenvalue weighted by Gasteiger charge is 2.16. The molecule has 1 aliphatic rings. The van der Waals surface area contributed by atoms with Gasteiger partial charge < -0.3 is 15.3 Å². The molecule has 0 saturated heterocycles. The minimum atomic E-state index is -0.928. The van der Waals surface area contributed by atoms with Gasteiger partial charge in [0.2, 0.25) is 0 Å². The van der Waals surface area contributed by atoms with Gasteiger partial charge in [-0.3, -0.25) is 9.59 Å². The fraction of sp³-hybridized carbons (Fsp3) is 0.333. The molecule has 1 fully saturated rings. The number of carboxylic acid groups (broad SMARTS) is 1. The van der Waals surface area contributed by atoms with E-state index in [1.165, 1.54) is 48.9 Å². The van der Waals surface area contributed by atoms with E-state index in [0.717, 1.165) is 16.6 Å². The van der Waals surface area contributed by atoms with E-state index in [0.29, 0.717) is 18.0 Å². The number of carboxylic acids is 1. The Morgan fingerprint density at radius 2 is 1.58 bits per heavy atom. The van der Waals surface area contributed by atoms with Crippen molar-refractivity contribution in [2.45, 2.75) is 57.5 Å². The maximum absolute atomic E-state index is 12.3. The first kappa shape index (κ1) is 26.0. The lowest BCUT2D eigenvalue weighted by Crippen LogP contribution is -2.26. The predicted octanol–water partition coefficient (Wildman–Crippen LogP) is 6.91. The quantitative estimate of drug-likeness (QED) is 0.289. The number of hydrogen-bond donors (Lipinski definition) is 2. The monoisotopic (exact) mass is 548 g/mol. The first-order chi connectivity index (χ1) is 17.5. The van der Waals surface area contributed by atoms with Crippen LogP contribution in [0.5, 0.6) is 0 Å². The second kappa shape index (κ2) is 12.7. The number of carbonyl (C=O) groups is 2. The Hall–Kier alpha value is -3.12. The Morgan fingerprint density at radius 3 is 2.25 bits per heavy atom. The minimum absolute atomic E-state index is 0.0894. The number of nitrogens with one attached hydrogen (secondary N) is 1. The lowest BCUT2D eigenvalue weighted by Gasteiger charge is -2.27. The topological polar surface area (TPSA) is 69.6 Å². The van der Waals surface area contributed by atoms with Gasteiger partial charge in [0.15, 0.2) is 0 Å². The van der Waals surface area contributed by atoms with Crippen LogP contribution < -0.4 is 10.2 Å². The second-order valence-electron chi connectivity index (χ2n) is 9.51. The third kappa shape index (κ3) is 7.44. The summed E-state index contributed by atoms with van der Waals surface area (Å²) in [4.78, 5) is 25.3. The molecule has 2 N–H and O–H groups in total. The molecule has 3 aromatic rings. The minimum Gasteiger partial charge on any atom is -0.481 e. The van der Waals surface area contributed by atoms with Crippen molar-refractivity contribution >= 4 is 33.5 Å². The lowest BCUT2D eigenvalue weighted by atomic mass is 9.84. The molecule has 1 aliphatic carbocycles. The van der Waals surface area contributed by atoms with Crippen LogP contribution in [0.4, 0.5) is 5.69 Å². The van der Waals surface area contributed by atoms with Crippen LogP contribution in [0.15, 0.2) is 77.3 Å². The average molecular weight is 550 g/mol. The zero-order chi connectivity index (χ0) is 25.3. The van der Waals surface area contributed by atoms with Crippen LogP contribution in [0.3, 0.4) is 0 Å². The highest BCUT2D eigenvalue weighted by Crippen LogP contribution is 2.34. The van der Waals surface area contributed by atoms with Gasteiger partial charge in [-0.1, -0.05) is 71.6 Å². The third-order valence-corrected chi connectivity index (χ3v) is 7.30. The number of anilines is 1. The number of benzene rings is 3. The van der Waals surface area contributed by atoms with Crippen molar-refractivity contribution < 1.29 is 14.7 Å². The van der Waals surface area contributed by atoms with Crippen LogP contribution in [0.25, 0.3) is 0 Å². The molecule has 3 aromatic carbocycles. The fourth-order valence-electron chi connectivity index (χ4n) is 4.85. The zero-order valence-electron chi connectivity index (χ0n) is 20.5. The zero-order valence-corrected chi connectivity index (χ0v) is 22.0. The summed E-state index contributed by atoms with van der Waals surface area (Å²) in [6.07, 6.45) is 6.50. The van der Waals surface area contributed by atoms with E-state index in [1.54, 1.807) is 12.1 Å². The highest BCUT2D eigenvalue weighted by atomic mass is 79.9. The van der Waals surface area contributed by atoms with Crippen LogP contribution in [0.1, 0.15) is 71.5 Å². The first-order valence-electron chi connectivity index (χ1n) is 12.7. The fourth-order valence-corrected chi connectivity index (χ4v) is 5.30. The van der Waals surface area contributed by atoms with E-state index in [-0.39, 0.29) is 18.9 Å². The second-order valence-corrected chi connectivity index (χ2v) is 10.4. The Kier molecular flexibility index (Phi) is 9.17. The Labute approximate surface area is 221 Å². The molecule has 1 saturated carbocycles. The van der Waals surface area contributed by atoms with Gasteiger partial charge in [0.25, 0.3) is 5.91 Å². The van der Waals surface area contributed by atoms with Crippen LogP contribution >= 0.6 is 15.9 Å². The maximum atomic E-state index is 12.3. The smallest absolute Gasteiger partial charge is 0.305 e. The molecule has 5 nitrogen and oxygen atoms in total. The summed E-state index contributed by atoms with van der Waals surface area (Å²) in [7, 11) is 0. The molecule has 0 bridgehead atoms. The van der Waals surface area contributed by atoms with Gasteiger partial charge >= 0.3 is 5.97 Å². The number of nitrogens with zero attached hydrogens (tertiary/aromatic N) is 1. The van der Waals surface area contributed by atoms with Crippen LogP contribution in [0.2, 0.25) is 0 Å². The normalized spacial score (nSPS) is 13.8. The van der Waals surface area contributed by atoms with Crippen molar-refractivity contribution in [1.29, 1.82) is 0 Å². The van der Waals surface area contributed by atoms with Gasteiger partial charge in [0.05, 0.1) is 6.42 Å². The lowest BCUT2D eigenvalue weighted by molar-refractivity contribution is -0.136. The van der Waals surface area contributed by atoms with Gasteiger partial charge in [-0.2, -0.15) is 0 Å². The van der Waals surface area contributed by atoms with E-state index >= 15 is 0 Å². The summed E-state index contributed by atoms with van der Waals surface area (Å²) in [5.41, 5.74) is 5.46. The number of rotatable bonds is 10. The van der Waals surface area contributed by atoms with Gasteiger partial charge in [0, 0.05) is 35.4 Å². The molecule has 0 unspecified atom stereocenters. The van der Waals surface area contributed by atoms with E-state index < -0.39 is 5.97 Å². The van der Waals surface area contributed by atoms with E-state index in [4.69, 9.17) is 5.11 Å². The molecular weight excluding hydrogens is 516 g/mol. The van der Waals surface area contributed by atoms with Gasteiger partial charge in [0.1, 0.15) is 0 Å². The number of carbonyl (C=O) groups excluding carboxylic acids is 1. The van der Waals surface area contributed by atoms with Gasteiger partial charge in [-0.15, -0.1) is 0 Å². The molecule has 188 valence electrons. The summed E-state index contributed by atoms with van der Waals surface area (Å²) in [5, 5.41) is 11.4. The molecule has 0 spiro atoms. The maximum Gasteiger partial charge on any atom is 0.305 e. The van der Waals surface area contributed by atoms with Crippen molar-refractivity contribution in [2.75, 3.05) is 11.4 Å². The molecule has 0 aromatic heterocycles. The standard InChI is InChI=1S/C30H33BrN2O3/c31-27-8-4-5-23(19-27)21-33(28-15-13-25(14-16-28)24-6-2-1-3-7-24)20-22-9-11-26(12-10-22)30(36)32-18-17-29(34)35/h4-5,8-16,19,24H,1-3,6-7,17-18,20-21H2,(H,32,36)(H,34,35). The largest absolute Gasteiger partial charge is 0.481 e. The van der Waals surface area contributed by atoms with Crippen LogP contribution in [-0.4, -0.2) is 23.5 Å². The molecule has 0 aliphatic heterocycles. The molecular formula is C30H33BrN2O3. The van der Waals surface area contributed by atoms with Crippen molar-refractivity contribution in [1.82, 2.24) is 5.32 Å². The summed E-state index contributed by atoms with van der Waals surface area (Å²) in [5.74, 6) is -0.504. The number of amides is 1. The number of halogens is 1. The summed E-state index contributed by atoms with van der Waals surface area (Å²) in [6, 6.07) is 25.0. The molecule has 36 heavy (non-hydrogen) atoms. The van der Waals surface area contributed by atoms with E-state index in [2.05, 4.69) is 68.6 Å². The molecule has 0 heterocycles. The van der Waals surface area contributed by atoms with Crippen LogP contribution in [-0.2, 0) is 17.9 Å². The van der Waals surface area contributed by atoms with Crippen molar-refractivity contribution in [2.24, 2.45) is 0 Å². The molecule has 0 atom stereocenters. The molecule has 4 rings (SSSR count).